The van der Waals surface area contributed by atoms with E-state index in [1.54, 1.807) is 36.8 Å². The van der Waals surface area contributed by atoms with Crippen LogP contribution >= 0.6 is 0 Å². The lowest BCUT2D eigenvalue weighted by molar-refractivity contribution is 0.0596. The number of aromatic nitrogens is 2. The van der Waals surface area contributed by atoms with Crippen molar-refractivity contribution in [3.8, 4) is 5.75 Å². The number of sulfonamides is 1. The van der Waals surface area contributed by atoms with E-state index in [0.29, 0.717) is 42.7 Å². The molecule has 9 nitrogen and oxygen atoms in total. The molecule has 1 aliphatic rings. The number of rotatable bonds is 10. The molecule has 40 heavy (non-hydrogen) atoms. The first kappa shape index (κ1) is 27.3. The van der Waals surface area contributed by atoms with E-state index in [4.69, 9.17) is 9.47 Å². The summed E-state index contributed by atoms with van der Waals surface area (Å²) < 4.78 is 42.7. The zero-order chi connectivity index (χ0) is 28.1. The van der Waals surface area contributed by atoms with Crippen molar-refractivity contribution in [3.63, 3.8) is 0 Å². The van der Waals surface area contributed by atoms with Gasteiger partial charge < -0.3 is 14.0 Å². The minimum absolute atomic E-state index is 0.0194. The average molecular weight is 560 g/mol. The number of carbonyl (C=O) groups is 2. The first-order chi connectivity index (χ1) is 19.4. The van der Waals surface area contributed by atoms with Crippen LogP contribution in [-0.2, 0) is 34.3 Å². The Morgan fingerprint density at radius 3 is 2.58 bits per heavy atom. The third-order valence-corrected chi connectivity index (χ3v) is 8.38. The highest BCUT2D eigenvalue weighted by Gasteiger charge is 2.27. The molecular formula is C30H29N3O6S. The van der Waals surface area contributed by atoms with Crippen molar-refractivity contribution in [3.05, 3.63) is 113 Å². The van der Waals surface area contributed by atoms with E-state index in [1.165, 1.54) is 19.2 Å². The molecule has 10 heteroatoms. The average Bonchev–Trinajstić information content (AvgIpc) is 3.49. The summed E-state index contributed by atoms with van der Waals surface area (Å²) in [7, 11) is -2.93. The Hall–Kier alpha value is -4.28. The summed E-state index contributed by atoms with van der Waals surface area (Å²) in [5.74, 6) is -0.254. The minimum atomic E-state index is -4.13. The lowest BCUT2D eigenvalue weighted by Gasteiger charge is -2.26. The molecule has 0 saturated carbocycles. The second-order valence-corrected chi connectivity index (χ2v) is 11.2. The van der Waals surface area contributed by atoms with Crippen LogP contribution in [0.3, 0.4) is 0 Å². The van der Waals surface area contributed by atoms with Crippen molar-refractivity contribution in [2.75, 3.05) is 7.11 Å². The van der Waals surface area contributed by atoms with Crippen LogP contribution in [0.4, 0.5) is 0 Å². The van der Waals surface area contributed by atoms with Crippen LogP contribution in [-0.4, -0.2) is 36.8 Å². The smallest absolute Gasteiger partial charge is 0.339 e. The topological polar surface area (TPSA) is 117 Å². The molecule has 0 spiro atoms. The van der Waals surface area contributed by atoms with Gasteiger partial charge in [-0.15, -0.1) is 0 Å². The quantitative estimate of drug-likeness (QED) is 0.285. The minimum Gasteiger partial charge on any atom is -0.484 e. The Bertz CT molecular complexity index is 1620. The van der Waals surface area contributed by atoms with Gasteiger partial charge in [-0.3, -0.25) is 4.79 Å². The maximum atomic E-state index is 13.4. The number of ketones is 1. The lowest BCUT2D eigenvalue weighted by Crippen LogP contribution is -2.27. The predicted octanol–water partition coefficient (Wildman–Crippen LogP) is 4.49. The third kappa shape index (κ3) is 5.83. The number of nitrogens with one attached hydrogen (secondary N) is 1. The van der Waals surface area contributed by atoms with E-state index in [1.807, 2.05) is 41.1 Å². The molecule has 206 valence electrons. The first-order valence-electron chi connectivity index (χ1n) is 12.9. The highest BCUT2D eigenvalue weighted by molar-refractivity contribution is 7.89. The Morgan fingerprint density at radius 2 is 1.82 bits per heavy atom. The Morgan fingerprint density at radius 1 is 1.05 bits per heavy atom. The van der Waals surface area contributed by atoms with Gasteiger partial charge in [-0.2, -0.15) is 0 Å². The second kappa shape index (κ2) is 11.8. The summed E-state index contributed by atoms with van der Waals surface area (Å²) in [5.41, 5.74) is 2.81. The summed E-state index contributed by atoms with van der Waals surface area (Å²) in [6.45, 7) is 0.341. The van der Waals surface area contributed by atoms with Gasteiger partial charge in [0, 0.05) is 36.5 Å². The largest absolute Gasteiger partial charge is 0.484 e. The molecule has 5 rings (SSSR count). The molecule has 0 radical (unpaired) electrons. The number of ether oxygens (including phenoxy) is 2. The van der Waals surface area contributed by atoms with Crippen LogP contribution < -0.4 is 9.46 Å². The molecule has 0 amide bonds. The highest BCUT2D eigenvalue weighted by atomic mass is 32.2. The number of hydrogen-bond acceptors (Lipinski definition) is 7. The van der Waals surface area contributed by atoms with Gasteiger partial charge in [0.05, 0.1) is 30.4 Å². The molecule has 1 aliphatic carbocycles. The number of esters is 1. The molecule has 1 atom stereocenters. The van der Waals surface area contributed by atoms with Crippen LogP contribution in [0.25, 0.3) is 0 Å². The summed E-state index contributed by atoms with van der Waals surface area (Å²) in [6.07, 6.45) is 6.56. The van der Waals surface area contributed by atoms with Crippen molar-refractivity contribution in [2.24, 2.45) is 0 Å². The Balaban J connectivity index is 1.52. The molecule has 0 saturated heterocycles. The first-order valence-corrected chi connectivity index (χ1v) is 14.4. The fourth-order valence-corrected chi connectivity index (χ4v) is 6.11. The standard InChI is InChI=1S/C30H29N3O6S/c1-38-30(35)24-10-5-6-13-29(24)40(36,37)32-18-25-22-11-7-12-26(34)23(22)14-15-27(25)39-28(19-33-17-16-31-20-33)21-8-3-2-4-9-21/h2-6,8-10,13-17,20,28,32H,7,11-12,18-19H2,1H3/t28-/m1/s1. The van der Waals surface area contributed by atoms with E-state index >= 15 is 0 Å². The van der Waals surface area contributed by atoms with Crippen molar-refractivity contribution >= 4 is 21.8 Å². The van der Waals surface area contributed by atoms with Gasteiger partial charge in [0.25, 0.3) is 0 Å². The van der Waals surface area contributed by atoms with Crippen molar-refractivity contribution < 1.29 is 27.5 Å². The predicted molar refractivity (Wildman–Crippen MR) is 148 cm³/mol. The van der Waals surface area contributed by atoms with Gasteiger partial charge >= 0.3 is 5.97 Å². The van der Waals surface area contributed by atoms with Crippen LogP contribution in [0.1, 0.15) is 56.4 Å². The van der Waals surface area contributed by atoms with Crippen LogP contribution in [0.5, 0.6) is 5.75 Å². The number of hydrogen-bond donors (Lipinski definition) is 1. The number of carbonyl (C=O) groups excluding carboxylic acids is 2. The second-order valence-electron chi connectivity index (χ2n) is 9.43. The molecular weight excluding hydrogens is 530 g/mol. The zero-order valence-electron chi connectivity index (χ0n) is 21.9. The normalized spacial score (nSPS) is 13.9. The summed E-state index contributed by atoms with van der Waals surface area (Å²) in [6, 6.07) is 19.1. The molecule has 0 aliphatic heterocycles. The lowest BCUT2D eigenvalue weighted by atomic mass is 9.87. The van der Waals surface area contributed by atoms with Crippen molar-refractivity contribution in [1.82, 2.24) is 14.3 Å². The molecule has 0 unspecified atom stereocenters. The molecule has 3 aromatic carbocycles. The maximum absolute atomic E-state index is 13.4. The van der Waals surface area contributed by atoms with Crippen LogP contribution in [0, 0.1) is 0 Å². The molecule has 0 bridgehead atoms. The van der Waals surface area contributed by atoms with E-state index < -0.39 is 22.1 Å². The van der Waals surface area contributed by atoms with Gasteiger partial charge in [0.1, 0.15) is 11.9 Å². The third-order valence-electron chi connectivity index (χ3n) is 6.92. The number of methoxy groups -OCH3 is 1. The van der Waals surface area contributed by atoms with Gasteiger partial charge in [-0.05, 0) is 48.2 Å². The Labute approximate surface area is 232 Å². The maximum Gasteiger partial charge on any atom is 0.339 e. The molecule has 1 heterocycles. The molecule has 1 N–H and O–H groups in total. The van der Waals surface area contributed by atoms with E-state index in [2.05, 4.69) is 9.71 Å². The number of imidazole rings is 1. The summed E-state index contributed by atoms with van der Waals surface area (Å²) >= 11 is 0. The summed E-state index contributed by atoms with van der Waals surface area (Å²) in [5, 5.41) is 0. The van der Waals surface area contributed by atoms with E-state index in [-0.39, 0.29) is 22.8 Å². The number of fused-ring (bicyclic) bond motifs is 1. The molecule has 1 aromatic heterocycles. The van der Waals surface area contributed by atoms with Gasteiger partial charge in [0.15, 0.2) is 5.78 Å². The fraction of sp³-hybridized carbons (Fsp3) is 0.233. The molecule has 0 fully saturated rings. The zero-order valence-corrected chi connectivity index (χ0v) is 22.8. The monoisotopic (exact) mass is 559 g/mol. The number of benzene rings is 3. The van der Waals surface area contributed by atoms with E-state index in [0.717, 1.165) is 11.1 Å². The molecule has 4 aromatic rings. The van der Waals surface area contributed by atoms with E-state index in [9.17, 15) is 18.0 Å². The number of Topliss-reactive ketones (excluding diaryl/α,β-unsaturated/α-hetero) is 1. The van der Waals surface area contributed by atoms with Crippen molar-refractivity contribution in [1.29, 1.82) is 0 Å². The van der Waals surface area contributed by atoms with Gasteiger partial charge in [0.2, 0.25) is 10.0 Å². The Kier molecular flexibility index (Phi) is 8.09. The highest BCUT2D eigenvalue weighted by Crippen LogP contribution is 2.34. The fourth-order valence-electron chi connectivity index (χ4n) is 4.93. The van der Waals surface area contributed by atoms with Crippen molar-refractivity contribution in [2.45, 2.75) is 43.4 Å². The van der Waals surface area contributed by atoms with Crippen LogP contribution in [0.2, 0.25) is 0 Å². The van der Waals surface area contributed by atoms with Gasteiger partial charge in [-0.25, -0.2) is 22.9 Å². The van der Waals surface area contributed by atoms with Gasteiger partial charge in [-0.1, -0.05) is 42.5 Å². The SMILES string of the molecule is COC(=O)c1ccccc1S(=O)(=O)NCc1c(O[C@H](Cn2ccnc2)c2ccccc2)ccc2c1CCCC2=O. The van der Waals surface area contributed by atoms with Crippen LogP contribution in [0.15, 0.2) is 90.3 Å². The number of nitrogens with zero attached hydrogens (tertiary/aromatic N) is 2. The summed E-state index contributed by atoms with van der Waals surface area (Å²) in [4.78, 5) is 28.9.